The number of nitrogens with zero attached hydrogens (tertiary/aromatic N) is 2. The van der Waals surface area contributed by atoms with E-state index in [4.69, 9.17) is 9.84 Å². The molecule has 4 aromatic rings. The molecule has 0 spiro atoms. The third-order valence-corrected chi connectivity index (χ3v) is 6.84. The fourth-order valence-electron chi connectivity index (χ4n) is 4.88. The first-order chi connectivity index (χ1) is 18.3. The Hall–Kier alpha value is -3.66. The monoisotopic (exact) mass is 494 g/mol. The zero-order valence-electron chi connectivity index (χ0n) is 21.9. The van der Waals surface area contributed by atoms with Crippen LogP contribution in [0.5, 0.6) is 0 Å². The van der Waals surface area contributed by atoms with E-state index in [-0.39, 0.29) is 5.97 Å². The van der Waals surface area contributed by atoms with Crippen LogP contribution >= 0.6 is 0 Å². The zero-order chi connectivity index (χ0) is 25.7. The van der Waals surface area contributed by atoms with Crippen LogP contribution in [0.4, 0.5) is 0 Å². The highest BCUT2D eigenvalue weighted by Gasteiger charge is 2.21. The molecule has 0 saturated heterocycles. The van der Waals surface area contributed by atoms with Gasteiger partial charge in [0.05, 0.1) is 12.8 Å². The number of unbranched alkanes of at least 4 members (excludes halogenated alkanes) is 7. The molecule has 0 N–H and O–H groups in total. The van der Waals surface area contributed by atoms with Gasteiger partial charge in [0.2, 0.25) is 0 Å². The molecule has 0 atom stereocenters. The van der Waals surface area contributed by atoms with Gasteiger partial charge in [-0.2, -0.15) is 5.10 Å². The number of aryl methyl sites for hydroxylation is 1. The second kappa shape index (κ2) is 14.2. The van der Waals surface area contributed by atoms with Crippen LogP contribution in [0.15, 0.2) is 91.0 Å². The van der Waals surface area contributed by atoms with Crippen molar-refractivity contribution in [2.45, 2.75) is 64.3 Å². The van der Waals surface area contributed by atoms with Gasteiger partial charge in [-0.3, -0.25) is 9.48 Å². The van der Waals surface area contributed by atoms with Gasteiger partial charge < -0.3 is 4.74 Å². The molecule has 3 aromatic carbocycles. The standard InChI is InChI=1S/C33H38N2O2/c1-37-30(36)25-17-6-4-2-3-5-7-18-26-35-33(29-23-15-10-16-24-29)31(27-19-11-8-12-20-27)32(34-35)28-21-13-9-14-22-28/h8-16,19-24H,2-7,17-18,25-26H2,1H3. The van der Waals surface area contributed by atoms with E-state index in [1.54, 1.807) is 0 Å². The van der Waals surface area contributed by atoms with Crippen LogP contribution in [-0.4, -0.2) is 22.9 Å². The summed E-state index contributed by atoms with van der Waals surface area (Å²) in [7, 11) is 1.46. The quantitative estimate of drug-likeness (QED) is 0.130. The average Bonchev–Trinajstić information content (AvgIpc) is 3.34. The SMILES string of the molecule is COC(=O)CCCCCCCCCCn1nc(-c2ccccc2)c(-c2ccccc2)c1-c1ccccc1. The summed E-state index contributed by atoms with van der Waals surface area (Å²) in [5, 5.41) is 5.20. The third-order valence-electron chi connectivity index (χ3n) is 6.84. The maximum atomic E-state index is 11.2. The summed E-state index contributed by atoms with van der Waals surface area (Å²) in [5.74, 6) is -0.0978. The van der Waals surface area contributed by atoms with Gasteiger partial charge in [0.15, 0.2) is 0 Å². The Bertz CT molecular complexity index is 1220. The maximum Gasteiger partial charge on any atom is 0.305 e. The lowest BCUT2D eigenvalue weighted by Crippen LogP contribution is -2.03. The minimum atomic E-state index is -0.0978. The van der Waals surface area contributed by atoms with Gasteiger partial charge in [0.1, 0.15) is 5.69 Å². The summed E-state index contributed by atoms with van der Waals surface area (Å²) in [6.07, 6.45) is 9.77. The van der Waals surface area contributed by atoms with Crippen LogP contribution in [0.25, 0.3) is 33.6 Å². The molecule has 0 bridgehead atoms. The number of rotatable bonds is 14. The van der Waals surface area contributed by atoms with Crippen LogP contribution in [-0.2, 0) is 16.1 Å². The summed E-state index contributed by atoms with van der Waals surface area (Å²) in [6.45, 7) is 0.899. The molecular formula is C33H38N2O2. The highest BCUT2D eigenvalue weighted by molar-refractivity contribution is 5.91. The van der Waals surface area contributed by atoms with E-state index in [1.165, 1.54) is 61.6 Å². The Kier molecular flexibility index (Phi) is 10.1. The van der Waals surface area contributed by atoms with Crippen molar-refractivity contribution in [3.63, 3.8) is 0 Å². The van der Waals surface area contributed by atoms with Crippen LogP contribution < -0.4 is 0 Å². The van der Waals surface area contributed by atoms with Gasteiger partial charge in [-0.25, -0.2) is 0 Å². The van der Waals surface area contributed by atoms with E-state index in [0.717, 1.165) is 37.1 Å². The van der Waals surface area contributed by atoms with Crippen molar-refractivity contribution in [2.24, 2.45) is 0 Å². The maximum absolute atomic E-state index is 11.2. The molecule has 0 saturated carbocycles. The van der Waals surface area contributed by atoms with E-state index in [9.17, 15) is 4.79 Å². The normalized spacial score (nSPS) is 10.9. The number of benzene rings is 3. The van der Waals surface area contributed by atoms with Gasteiger partial charge in [-0.1, -0.05) is 130 Å². The number of ether oxygens (including phenoxy) is 1. The van der Waals surface area contributed by atoms with Crippen LogP contribution in [0.1, 0.15) is 57.8 Å². The Morgan fingerprint density at radius 3 is 1.70 bits per heavy atom. The predicted molar refractivity (Wildman–Crippen MR) is 152 cm³/mol. The van der Waals surface area contributed by atoms with Crippen molar-refractivity contribution in [3.8, 4) is 33.6 Å². The van der Waals surface area contributed by atoms with Crippen molar-refractivity contribution < 1.29 is 9.53 Å². The third kappa shape index (κ3) is 7.42. The molecule has 4 nitrogen and oxygen atoms in total. The first kappa shape index (κ1) is 26.4. The molecular weight excluding hydrogens is 456 g/mol. The van der Waals surface area contributed by atoms with Crippen LogP contribution in [0, 0.1) is 0 Å². The highest BCUT2D eigenvalue weighted by Crippen LogP contribution is 2.40. The van der Waals surface area contributed by atoms with E-state index >= 15 is 0 Å². The topological polar surface area (TPSA) is 44.1 Å². The van der Waals surface area contributed by atoms with Crippen LogP contribution in [0.3, 0.4) is 0 Å². The van der Waals surface area contributed by atoms with Crippen molar-refractivity contribution in [1.29, 1.82) is 0 Å². The molecule has 192 valence electrons. The van der Waals surface area contributed by atoms with Gasteiger partial charge in [0.25, 0.3) is 0 Å². The summed E-state index contributed by atoms with van der Waals surface area (Å²) < 4.78 is 6.94. The zero-order valence-corrected chi connectivity index (χ0v) is 21.9. The molecule has 4 heteroatoms. The van der Waals surface area contributed by atoms with E-state index in [0.29, 0.717) is 6.42 Å². The van der Waals surface area contributed by atoms with Crippen molar-refractivity contribution in [2.75, 3.05) is 7.11 Å². The Balaban J connectivity index is 1.46. The second-order valence-corrected chi connectivity index (χ2v) is 9.55. The van der Waals surface area contributed by atoms with Gasteiger partial charge >= 0.3 is 5.97 Å². The number of hydrogen-bond acceptors (Lipinski definition) is 3. The molecule has 1 aromatic heterocycles. The number of carbonyl (C=O) groups excluding carboxylic acids is 1. The van der Waals surface area contributed by atoms with Crippen molar-refractivity contribution >= 4 is 5.97 Å². The van der Waals surface area contributed by atoms with E-state index in [1.807, 2.05) is 0 Å². The number of esters is 1. The number of hydrogen-bond donors (Lipinski definition) is 0. The fourth-order valence-corrected chi connectivity index (χ4v) is 4.88. The van der Waals surface area contributed by atoms with E-state index in [2.05, 4.69) is 95.7 Å². The van der Waals surface area contributed by atoms with Crippen molar-refractivity contribution in [1.82, 2.24) is 9.78 Å². The molecule has 0 aliphatic carbocycles. The minimum absolute atomic E-state index is 0.0978. The number of methoxy groups -OCH3 is 1. The number of carbonyl (C=O) groups is 1. The lowest BCUT2D eigenvalue weighted by molar-refractivity contribution is -0.140. The first-order valence-corrected chi connectivity index (χ1v) is 13.6. The molecule has 0 amide bonds. The average molecular weight is 495 g/mol. The van der Waals surface area contributed by atoms with Gasteiger partial charge in [0, 0.05) is 29.7 Å². The smallest absolute Gasteiger partial charge is 0.305 e. The summed E-state index contributed by atoms with van der Waals surface area (Å²) >= 11 is 0. The lowest BCUT2D eigenvalue weighted by atomic mass is 9.96. The first-order valence-electron chi connectivity index (χ1n) is 13.6. The Morgan fingerprint density at radius 1 is 0.649 bits per heavy atom. The largest absolute Gasteiger partial charge is 0.469 e. The molecule has 0 fully saturated rings. The second-order valence-electron chi connectivity index (χ2n) is 9.55. The molecule has 4 rings (SSSR count). The van der Waals surface area contributed by atoms with Crippen LogP contribution in [0.2, 0.25) is 0 Å². The van der Waals surface area contributed by atoms with Crippen molar-refractivity contribution in [3.05, 3.63) is 91.0 Å². The predicted octanol–water partition coefficient (Wildman–Crippen LogP) is 8.57. The Labute approximate surface area is 221 Å². The molecule has 1 heterocycles. The summed E-state index contributed by atoms with van der Waals surface area (Å²) in [4.78, 5) is 11.2. The highest BCUT2D eigenvalue weighted by atomic mass is 16.5. The molecule has 37 heavy (non-hydrogen) atoms. The summed E-state index contributed by atoms with van der Waals surface area (Å²) in [5.41, 5.74) is 6.96. The van der Waals surface area contributed by atoms with Gasteiger partial charge in [-0.05, 0) is 18.4 Å². The Morgan fingerprint density at radius 2 is 1.14 bits per heavy atom. The summed E-state index contributed by atoms with van der Waals surface area (Å²) in [6, 6.07) is 31.8. The van der Waals surface area contributed by atoms with Gasteiger partial charge in [-0.15, -0.1) is 0 Å². The fraction of sp³-hybridized carbons (Fsp3) is 0.333. The van der Waals surface area contributed by atoms with E-state index < -0.39 is 0 Å². The lowest BCUT2D eigenvalue weighted by Gasteiger charge is -2.11. The minimum Gasteiger partial charge on any atom is -0.469 e. The molecule has 0 aliphatic heterocycles. The number of aromatic nitrogens is 2. The molecule has 0 unspecified atom stereocenters. The molecule has 0 aliphatic rings. The molecule has 0 radical (unpaired) electrons.